The molecule has 0 aliphatic carbocycles. The van der Waals surface area contributed by atoms with Gasteiger partial charge in [-0.3, -0.25) is 4.79 Å². The van der Waals surface area contributed by atoms with E-state index in [1.165, 1.54) is 13.1 Å². The molecule has 1 N–H and O–H groups in total. The van der Waals surface area contributed by atoms with Crippen LogP contribution in [0.5, 0.6) is 0 Å². The molecule has 0 aliphatic heterocycles. The molecule has 0 radical (unpaired) electrons. The van der Waals surface area contributed by atoms with E-state index in [4.69, 9.17) is 5.11 Å². The van der Waals surface area contributed by atoms with Crippen LogP contribution in [0.3, 0.4) is 0 Å². The number of aromatic nitrogens is 2. The molecule has 21 heavy (non-hydrogen) atoms. The van der Waals surface area contributed by atoms with Crippen LogP contribution in [0.25, 0.3) is 5.69 Å². The predicted octanol–water partition coefficient (Wildman–Crippen LogP) is 2.26. The van der Waals surface area contributed by atoms with E-state index in [2.05, 4.69) is 5.10 Å². The maximum atomic E-state index is 12.5. The van der Waals surface area contributed by atoms with Gasteiger partial charge in [-0.1, -0.05) is 0 Å². The minimum absolute atomic E-state index is 0.127. The van der Waals surface area contributed by atoms with Crippen molar-refractivity contribution in [3.63, 3.8) is 0 Å². The Morgan fingerprint density at radius 1 is 1.24 bits per heavy atom. The fourth-order valence-corrected chi connectivity index (χ4v) is 1.69. The van der Waals surface area contributed by atoms with E-state index in [0.29, 0.717) is 0 Å². The average molecular weight is 298 g/mol. The zero-order chi connectivity index (χ0) is 15.8. The van der Waals surface area contributed by atoms with Crippen molar-refractivity contribution in [1.82, 2.24) is 9.78 Å². The molecule has 0 saturated heterocycles. The van der Waals surface area contributed by atoms with Crippen LogP contribution in [0.4, 0.5) is 13.2 Å². The Balaban J connectivity index is 2.52. The third-order valence-corrected chi connectivity index (χ3v) is 2.76. The molecule has 2 rings (SSSR count). The lowest BCUT2D eigenvalue weighted by molar-refractivity contribution is -0.137. The average Bonchev–Trinajstić information content (AvgIpc) is 2.40. The van der Waals surface area contributed by atoms with Crippen molar-refractivity contribution in [1.29, 1.82) is 0 Å². The fraction of sp³-hybridized carbons (Fsp3) is 0.154. The number of hydrogen-bond donors (Lipinski definition) is 1. The predicted molar refractivity (Wildman–Crippen MR) is 66.5 cm³/mol. The number of aryl methyl sites for hydroxylation is 1. The van der Waals surface area contributed by atoms with Crippen molar-refractivity contribution in [2.24, 2.45) is 0 Å². The summed E-state index contributed by atoms with van der Waals surface area (Å²) in [5.41, 5.74) is -1.90. The number of carboxylic acid groups (broad SMARTS) is 1. The van der Waals surface area contributed by atoms with Gasteiger partial charge < -0.3 is 5.11 Å². The molecule has 8 heteroatoms. The highest BCUT2D eigenvalue weighted by molar-refractivity contribution is 5.85. The standard InChI is InChI=1S/C13H9F3N2O3/c1-7-6-18(17-10(11(7)19)12(20)21)9-4-2-8(3-5-9)13(14,15)16/h2-6H,1H3,(H,20,21). The monoisotopic (exact) mass is 298 g/mol. The molecular formula is C13H9F3N2O3. The molecule has 0 spiro atoms. The fourth-order valence-electron chi connectivity index (χ4n) is 1.69. The smallest absolute Gasteiger partial charge is 0.416 e. The van der Waals surface area contributed by atoms with Crippen molar-refractivity contribution < 1.29 is 23.1 Å². The van der Waals surface area contributed by atoms with Gasteiger partial charge in [0.05, 0.1) is 11.3 Å². The molecule has 1 aromatic heterocycles. The Labute approximate surface area is 116 Å². The molecule has 0 saturated carbocycles. The first-order chi connectivity index (χ1) is 9.70. The summed E-state index contributed by atoms with van der Waals surface area (Å²) in [4.78, 5) is 22.5. The van der Waals surface area contributed by atoms with Crippen LogP contribution in [0, 0.1) is 6.92 Å². The Kier molecular flexibility index (Phi) is 3.54. The summed E-state index contributed by atoms with van der Waals surface area (Å²) >= 11 is 0. The van der Waals surface area contributed by atoms with Gasteiger partial charge in [0.2, 0.25) is 11.1 Å². The maximum absolute atomic E-state index is 12.5. The van der Waals surface area contributed by atoms with Crippen LogP contribution in [-0.2, 0) is 6.18 Å². The third-order valence-electron chi connectivity index (χ3n) is 2.76. The Morgan fingerprint density at radius 2 is 1.81 bits per heavy atom. The SMILES string of the molecule is Cc1cn(-c2ccc(C(F)(F)F)cc2)nc(C(=O)O)c1=O. The first-order valence-electron chi connectivity index (χ1n) is 5.71. The normalized spacial score (nSPS) is 11.4. The number of carbonyl (C=O) groups is 1. The van der Waals surface area contributed by atoms with Crippen LogP contribution in [0.2, 0.25) is 0 Å². The van der Waals surface area contributed by atoms with E-state index in [1.807, 2.05) is 0 Å². The maximum Gasteiger partial charge on any atom is 0.416 e. The van der Waals surface area contributed by atoms with E-state index in [1.54, 1.807) is 0 Å². The summed E-state index contributed by atoms with van der Waals surface area (Å²) in [7, 11) is 0. The molecule has 5 nitrogen and oxygen atoms in total. The summed E-state index contributed by atoms with van der Waals surface area (Å²) in [5, 5.41) is 12.5. The lowest BCUT2D eigenvalue weighted by atomic mass is 10.2. The zero-order valence-corrected chi connectivity index (χ0v) is 10.7. The molecular weight excluding hydrogens is 289 g/mol. The van der Waals surface area contributed by atoms with E-state index < -0.39 is 28.8 Å². The molecule has 2 aromatic rings. The summed E-state index contributed by atoms with van der Waals surface area (Å²) < 4.78 is 38.5. The second-order valence-electron chi connectivity index (χ2n) is 4.28. The summed E-state index contributed by atoms with van der Waals surface area (Å²) in [6, 6.07) is 3.99. The molecule has 0 aliphatic rings. The zero-order valence-electron chi connectivity index (χ0n) is 10.7. The van der Waals surface area contributed by atoms with Crippen LogP contribution in [0.1, 0.15) is 21.6 Å². The van der Waals surface area contributed by atoms with Gasteiger partial charge in [0, 0.05) is 11.8 Å². The highest BCUT2D eigenvalue weighted by Gasteiger charge is 2.30. The van der Waals surface area contributed by atoms with Gasteiger partial charge in [-0.25, -0.2) is 9.48 Å². The van der Waals surface area contributed by atoms with E-state index in [9.17, 15) is 22.8 Å². The molecule has 1 aromatic carbocycles. The molecule has 1 heterocycles. The van der Waals surface area contributed by atoms with Gasteiger partial charge in [0.1, 0.15) is 0 Å². The number of rotatable bonds is 2. The van der Waals surface area contributed by atoms with Gasteiger partial charge in [-0.05, 0) is 31.2 Å². The van der Waals surface area contributed by atoms with Crippen molar-refractivity contribution in [3.8, 4) is 5.69 Å². The highest BCUT2D eigenvalue weighted by Crippen LogP contribution is 2.29. The Morgan fingerprint density at radius 3 is 2.29 bits per heavy atom. The lowest BCUT2D eigenvalue weighted by Gasteiger charge is -2.10. The molecule has 0 atom stereocenters. The van der Waals surface area contributed by atoms with Crippen molar-refractivity contribution in [2.75, 3.05) is 0 Å². The van der Waals surface area contributed by atoms with Crippen molar-refractivity contribution in [3.05, 3.63) is 57.5 Å². The molecule has 0 amide bonds. The second kappa shape index (κ2) is 5.04. The van der Waals surface area contributed by atoms with Crippen molar-refractivity contribution >= 4 is 5.97 Å². The number of alkyl halides is 3. The highest BCUT2D eigenvalue weighted by atomic mass is 19.4. The number of carboxylic acids is 1. The Hall–Kier alpha value is -2.64. The van der Waals surface area contributed by atoms with Crippen LogP contribution in [-0.4, -0.2) is 20.9 Å². The second-order valence-corrected chi connectivity index (χ2v) is 4.28. The molecule has 0 fully saturated rings. The van der Waals surface area contributed by atoms with Crippen LogP contribution in [0.15, 0.2) is 35.3 Å². The number of hydrogen-bond acceptors (Lipinski definition) is 3. The van der Waals surface area contributed by atoms with Gasteiger partial charge in [0.15, 0.2) is 0 Å². The number of aromatic carboxylic acids is 1. The van der Waals surface area contributed by atoms with Crippen molar-refractivity contribution in [2.45, 2.75) is 13.1 Å². The minimum atomic E-state index is -4.46. The van der Waals surface area contributed by atoms with Crippen LogP contribution < -0.4 is 5.43 Å². The van der Waals surface area contributed by atoms with Gasteiger partial charge in [-0.2, -0.15) is 18.3 Å². The number of halogens is 3. The lowest BCUT2D eigenvalue weighted by Crippen LogP contribution is -2.23. The first kappa shape index (κ1) is 14.8. The molecule has 0 bridgehead atoms. The molecule has 0 unspecified atom stereocenters. The molecule has 110 valence electrons. The van der Waals surface area contributed by atoms with E-state index in [0.717, 1.165) is 28.9 Å². The number of nitrogens with zero attached hydrogens (tertiary/aromatic N) is 2. The quantitative estimate of drug-likeness (QED) is 0.923. The Bertz CT molecular complexity index is 749. The van der Waals surface area contributed by atoms with E-state index >= 15 is 0 Å². The van der Waals surface area contributed by atoms with Gasteiger partial charge in [-0.15, -0.1) is 0 Å². The first-order valence-corrected chi connectivity index (χ1v) is 5.71. The van der Waals surface area contributed by atoms with Gasteiger partial charge in [0.25, 0.3) is 0 Å². The minimum Gasteiger partial charge on any atom is -0.476 e. The van der Waals surface area contributed by atoms with E-state index in [-0.39, 0.29) is 11.3 Å². The largest absolute Gasteiger partial charge is 0.476 e. The third kappa shape index (κ3) is 2.93. The van der Waals surface area contributed by atoms with Crippen LogP contribution >= 0.6 is 0 Å². The summed E-state index contributed by atoms with van der Waals surface area (Å²) in [5.74, 6) is -1.50. The topological polar surface area (TPSA) is 72.2 Å². The summed E-state index contributed by atoms with van der Waals surface area (Å²) in [6.45, 7) is 1.40. The van der Waals surface area contributed by atoms with Gasteiger partial charge >= 0.3 is 12.1 Å². The number of benzene rings is 1. The summed E-state index contributed by atoms with van der Waals surface area (Å²) in [6.07, 6.45) is -3.20.